The molecular weight excluding hydrogens is 204 g/mol. The van der Waals surface area contributed by atoms with Crippen LogP contribution in [0.5, 0.6) is 0 Å². The summed E-state index contributed by atoms with van der Waals surface area (Å²) in [6.07, 6.45) is 12.2. The minimum atomic E-state index is 0.744. The maximum atomic E-state index is 10.6. The summed E-state index contributed by atoms with van der Waals surface area (Å²) in [6, 6.07) is 1.93. The summed E-state index contributed by atoms with van der Waals surface area (Å²) < 4.78 is 0. The number of hydrogen-bond donors (Lipinski definition) is 0. The van der Waals surface area contributed by atoms with E-state index < -0.39 is 0 Å². The minimum Gasteiger partial charge on any atom is -0.297 e. The molecule has 1 aromatic rings. The Balaban J connectivity index is 2.56. The third-order valence-electron chi connectivity index (χ3n) is 2.37. The SMILES string of the molecule is C#Cc1sc(C=O)cc1CCCCCC. The third kappa shape index (κ3) is 3.53. The van der Waals surface area contributed by atoms with Gasteiger partial charge in [0.05, 0.1) is 9.75 Å². The van der Waals surface area contributed by atoms with Gasteiger partial charge in [-0.05, 0) is 24.5 Å². The van der Waals surface area contributed by atoms with E-state index in [1.807, 2.05) is 6.07 Å². The van der Waals surface area contributed by atoms with Crippen LogP contribution in [-0.2, 0) is 6.42 Å². The summed E-state index contributed by atoms with van der Waals surface area (Å²) in [4.78, 5) is 12.3. The highest BCUT2D eigenvalue weighted by molar-refractivity contribution is 7.14. The molecule has 80 valence electrons. The molecule has 1 nitrogen and oxygen atoms in total. The van der Waals surface area contributed by atoms with Gasteiger partial charge in [0.1, 0.15) is 0 Å². The number of aryl methyl sites for hydroxylation is 1. The Morgan fingerprint density at radius 3 is 2.87 bits per heavy atom. The van der Waals surface area contributed by atoms with E-state index in [0.29, 0.717) is 0 Å². The fraction of sp³-hybridized carbons (Fsp3) is 0.462. The fourth-order valence-electron chi connectivity index (χ4n) is 1.56. The number of rotatable bonds is 6. The van der Waals surface area contributed by atoms with Crippen molar-refractivity contribution >= 4 is 17.6 Å². The molecule has 0 amide bonds. The average Bonchev–Trinajstić information content (AvgIpc) is 2.67. The van der Waals surface area contributed by atoms with Crippen molar-refractivity contribution in [3.05, 3.63) is 21.4 Å². The Labute approximate surface area is 95.5 Å². The van der Waals surface area contributed by atoms with Gasteiger partial charge in [-0.3, -0.25) is 4.79 Å². The number of aldehydes is 1. The van der Waals surface area contributed by atoms with Crippen LogP contribution >= 0.6 is 11.3 Å². The molecule has 1 heterocycles. The van der Waals surface area contributed by atoms with Gasteiger partial charge in [-0.2, -0.15) is 0 Å². The average molecular weight is 220 g/mol. The molecule has 15 heavy (non-hydrogen) atoms. The second-order valence-corrected chi connectivity index (χ2v) is 4.66. The van der Waals surface area contributed by atoms with Crippen LogP contribution in [0.3, 0.4) is 0 Å². The number of hydrogen-bond acceptors (Lipinski definition) is 2. The van der Waals surface area contributed by atoms with E-state index >= 15 is 0 Å². The molecule has 0 aliphatic heterocycles. The van der Waals surface area contributed by atoms with Crippen molar-refractivity contribution in [2.75, 3.05) is 0 Å². The monoisotopic (exact) mass is 220 g/mol. The lowest BCUT2D eigenvalue weighted by molar-refractivity contribution is 0.112. The molecule has 0 unspecified atom stereocenters. The van der Waals surface area contributed by atoms with Crippen LogP contribution in [-0.4, -0.2) is 6.29 Å². The lowest BCUT2D eigenvalue weighted by atomic mass is 10.1. The van der Waals surface area contributed by atoms with Crippen LogP contribution < -0.4 is 0 Å². The molecule has 0 aliphatic rings. The first-order chi connectivity index (χ1) is 7.31. The van der Waals surface area contributed by atoms with Crippen LogP contribution in [0.15, 0.2) is 6.07 Å². The van der Waals surface area contributed by atoms with Gasteiger partial charge < -0.3 is 0 Å². The van der Waals surface area contributed by atoms with Crippen molar-refractivity contribution in [1.82, 2.24) is 0 Å². The zero-order valence-electron chi connectivity index (χ0n) is 9.08. The molecule has 0 fully saturated rings. The second-order valence-electron chi connectivity index (χ2n) is 3.58. The van der Waals surface area contributed by atoms with Crippen LogP contribution in [0.1, 0.15) is 52.7 Å². The number of terminal acetylenes is 1. The topological polar surface area (TPSA) is 17.1 Å². The van der Waals surface area contributed by atoms with Crippen LogP contribution in [0.2, 0.25) is 0 Å². The van der Waals surface area contributed by atoms with Crippen molar-refractivity contribution in [1.29, 1.82) is 0 Å². The van der Waals surface area contributed by atoms with E-state index in [2.05, 4.69) is 12.8 Å². The first-order valence-electron chi connectivity index (χ1n) is 5.36. The van der Waals surface area contributed by atoms with Gasteiger partial charge in [-0.25, -0.2) is 0 Å². The summed E-state index contributed by atoms with van der Waals surface area (Å²) in [5, 5.41) is 0. The summed E-state index contributed by atoms with van der Waals surface area (Å²) in [7, 11) is 0. The largest absolute Gasteiger partial charge is 0.297 e. The van der Waals surface area contributed by atoms with E-state index in [0.717, 1.165) is 28.9 Å². The van der Waals surface area contributed by atoms with Gasteiger partial charge >= 0.3 is 0 Å². The van der Waals surface area contributed by atoms with E-state index in [-0.39, 0.29) is 0 Å². The standard InChI is InChI=1S/C13H16OS/c1-3-5-6-7-8-11-9-12(10-14)15-13(11)4-2/h2,9-10H,3,5-8H2,1H3. The van der Waals surface area contributed by atoms with Crippen LogP contribution in [0.25, 0.3) is 0 Å². The Hall–Kier alpha value is -1.07. The van der Waals surface area contributed by atoms with E-state index in [1.54, 1.807) is 0 Å². The Morgan fingerprint density at radius 2 is 2.27 bits per heavy atom. The number of carbonyl (C=O) groups excluding carboxylic acids is 1. The predicted molar refractivity (Wildman–Crippen MR) is 65.5 cm³/mol. The Morgan fingerprint density at radius 1 is 1.47 bits per heavy atom. The molecule has 0 radical (unpaired) electrons. The Bertz CT molecular complexity index is 357. The highest BCUT2D eigenvalue weighted by Crippen LogP contribution is 2.22. The molecule has 0 N–H and O–H groups in total. The second kappa shape index (κ2) is 6.42. The summed E-state index contributed by atoms with van der Waals surface area (Å²) >= 11 is 1.42. The molecule has 0 saturated heterocycles. The highest BCUT2D eigenvalue weighted by atomic mass is 32.1. The van der Waals surface area contributed by atoms with Gasteiger partial charge in [0.2, 0.25) is 0 Å². The zero-order chi connectivity index (χ0) is 11.1. The molecule has 0 aliphatic carbocycles. The normalized spacial score (nSPS) is 9.87. The maximum absolute atomic E-state index is 10.6. The maximum Gasteiger partial charge on any atom is 0.160 e. The lowest BCUT2D eigenvalue weighted by Crippen LogP contribution is -1.85. The zero-order valence-corrected chi connectivity index (χ0v) is 9.90. The molecule has 2 heteroatoms. The van der Waals surface area contributed by atoms with E-state index in [4.69, 9.17) is 6.42 Å². The summed E-state index contributed by atoms with van der Waals surface area (Å²) in [5.74, 6) is 2.65. The molecule has 0 spiro atoms. The van der Waals surface area contributed by atoms with Crippen LogP contribution in [0, 0.1) is 12.3 Å². The van der Waals surface area contributed by atoms with E-state index in [9.17, 15) is 4.79 Å². The first kappa shape index (κ1) is 12.0. The van der Waals surface area contributed by atoms with Crippen molar-refractivity contribution in [3.8, 4) is 12.3 Å². The molecule has 0 atom stereocenters. The van der Waals surface area contributed by atoms with Gasteiger partial charge in [0.15, 0.2) is 6.29 Å². The van der Waals surface area contributed by atoms with Crippen LogP contribution in [0.4, 0.5) is 0 Å². The van der Waals surface area contributed by atoms with Gasteiger partial charge in [-0.15, -0.1) is 17.8 Å². The number of unbranched alkanes of at least 4 members (excludes halogenated alkanes) is 3. The quantitative estimate of drug-likeness (QED) is 0.406. The Kier molecular flexibility index (Phi) is 5.14. The molecule has 1 rings (SSSR count). The van der Waals surface area contributed by atoms with Gasteiger partial charge in [0.25, 0.3) is 0 Å². The fourth-order valence-corrected chi connectivity index (χ4v) is 2.39. The van der Waals surface area contributed by atoms with Crippen molar-refractivity contribution < 1.29 is 4.79 Å². The molecular formula is C13H16OS. The number of carbonyl (C=O) groups is 1. The highest BCUT2D eigenvalue weighted by Gasteiger charge is 2.06. The molecule has 0 saturated carbocycles. The van der Waals surface area contributed by atoms with E-state index in [1.165, 1.54) is 36.2 Å². The van der Waals surface area contributed by atoms with Gasteiger partial charge in [-0.1, -0.05) is 32.1 Å². The minimum absolute atomic E-state index is 0.744. The summed E-state index contributed by atoms with van der Waals surface area (Å²) in [6.45, 7) is 2.20. The third-order valence-corrected chi connectivity index (χ3v) is 3.41. The first-order valence-corrected chi connectivity index (χ1v) is 6.18. The van der Waals surface area contributed by atoms with Crippen molar-refractivity contribution in [2.24, 2.45) is 0 Å². The predicted octanol–water partition coefficient (Wildman–Crippen LogP) is 3.66. The van der Waals surface area contributed by atoms with Crippen molar-refractivity contribution in [2.45, 2.75) is 39.0 Å². The van der Waals surface area contributed by atoms with Crippen molar-refractivity contribution in [3.63, 3.8) is 0 Å². The molecule has 0 bridgehead atoms. The summed E-state index contributed by atoms with van der Waals surface area (Å²) in [5.41, 5.74) is 1.17. The lowest BCUT2D eigenvalue weighted by Gasteiger charge is -1.98. The number of thiophene rings is 1. The van der Waals surface area contributed by atoms with Gasteiger partial charge in [0, 0.05) is 0 Å². The molecule has 0 aromatic carbocycles. The molecule has 1 aromatic heterocycles. The smallest absolute Gasteiger partial charge is 0.160 e.